The quantitative estimate of drug-likeness (QED) is 0.758. The van der Waals surface area contributed by atoms with Crippen molar-refractivity contribution in [3.8, 4) is 6.07 Å². The fourth-order valence-corrected chi connectivity index (χ4v) is 5.03. The second-order valence-corrected chi connectivity index (χ2v) is 8.41. The van der Waals surface area contributed by atoms with E-state index in [9.17, 15) is 9.59 Å². The minimum Gasteiger partial charge on any atom is -0.302 e. The number of aryl methyl sites for hydroxylation is 1. The average molecular weight is 394 g/mol. The highest BCUT2D eigenvalue weighted by atomic mass is 32.2. The highest BCUT2D eigenvalue weighted by molar-refractivity contribution is 8.01. The third-order valence-corrected chi connectivity index (χ3v) is 6.67. The van der Waals surface area contributed by atoms with Crippen LogP contribution < -0.4 is 10.2 Å². The van der Waals surface area contributed by atoms with Crippen LogP contribution in [0.15, 0.2) is 9.59 Å². The van der Waals surface area contributed by atoms with E-state index < -0.39 is 0 Å². The first-order chi connectivity index (χ1) is 12.1. The topological polar surface area (TPSA) is 99.0 Å². The van der Waals surface area contributed by atoms with Crippen molar-refractivity contribution in [2.45, 2.75) is 30.4 Å². The van der Waals surface area contributed by atoms with Crippen LogP contribution in [-0.2, 0) is 16.0 Å². The Bertz CT molecular complexity index is 839. The molecule has 0 radical (unpaired) electrons. The van der Waals surface area contributed by atoms with Gasteiger partial charge in [-0.3, -0.25) is 14.5 Å². The molecule has 130 valence electrons. The lowest BCUT2D eigenvalue weighted by molar-refractivity contribution is -0.117. The number of thioether (sulfide) groups is 1. The van der Waals surface area contributed by atoms with Crippen LogP contribution in [0, 0.1) is 18.3 Å². The van der Waals surface area contributed by atoms with Gasteiger partial charge in [-0.05, 0) is 13.3 Å². The Morgan fingerprint density at radius 1 is 1.52 bits per heavy atom. The summed E-state index contributed by atoms with van der Waals surface area (Å²) in [7, 11) is 0. The van der Waals surface area contributed by atoms with E-state index in [0.29, 0.717) is 34.7 Å². The number of nitrogens with zero attached hydrogens (tertiary/aromatic N) is 4. The Morgan fingerprint density at radius 2 is 2.36 bits per heavy atom. The maximum absolute atomic E-state index is 12.2. The lowest BCUT2D eigenvalue weighted by Gasteiger charge is -2.10. The van der Waals surface area contributed by atoms with Crippen molar-refractivity contribution in [2.24, 2.45) is 0 Å². The number of thiazole rings is 2. The molecule has 3 heterocycles. The first-order valence-electron chi connectivity index (χ1n) is 7.58. The number of carbonyl (C=O) groups excluding carboxylic acids is 2. The van der Waals surface area contributed by atoms with Gasteiger partial charge in [0.15, 0.2) is 10.3 Å². The maximum Gasteiger partial charge on any atom is 0.232 e. The molecule has 0 aromatic carbocycles. The number of aromatic nitrogens is 2. The predicted octanol–water partition coefficient (Wildman–Crippen LogP) is 2.83. The molecule has 25 heavy (non-hydrogen) atoms. The molecule has 0 atom stereocenters. The Balaban J connectivity index is 1.59. The molecule has 0 saturated carbocycles. The molecule has 10 heteroatoms. The minimum atomic E-state index is -0.199. The Labute approximate surface area is 157 Å². The molecule has 1 aliphatic rings. The van der Waals surface area contributed by atoms with Gasteiger partial charge < -0.3 is 5.32 Å². The summed E-state index contributed by atoms with van der Waals surface area (Å²) in [5.74, 6) is 0.244. The summed E-state index contributed by atoms with van der Waals surface area (Å²) in [4.78, 5) is 34.3. The largest absolute Gasteiger partial charge is 0.302 e. The molecule has 0 bridgehead atoms. The Morgan fingerprint density at radius 3 is 3.08 bits per heavy atom. The van der Waals surface area contributed by atoms with Crippen molar-refractivity contribution >= 4 is 56.5 Å². The molecule has 0 unspecified atom stereocenters. The van der Waals surface area contributed by atoms with E-state index in [4.69, 9.17) is 5.26 Å². The first kappa shape index (κ1) is 17.8. The summed E-state index contributed by atoms with van der Waals surface area (Å²) in [6.07, 6.45) is 1.55. The van der Waals surface area contributed by atoms with E-state index in [0.717, 1.165) is 16.3 Å². The van der Waals surface area contributed by atoms with Crippen LogP contribution >= 0.6 is 34.4 Å². The van der Waals surface area contributed by atoms with E-state index in [1.54, 1.807) is 4.90 Å². The number of anilines is 2. The van der Waals surface area contributed by atoms with Gasteiger partial charge in [-0.2, -0.15) is 5.26 Å². The molecule has 1 aliphatic heterocycles. The van der Waals surface area contributed by atoms with E-state index in [-0.39, 0.29) is 18.2 Å². The number of hydrogen-bond acceptors (Lipinski definition) is 8. The van der Waals surface area contributed by atoms with E-state index >= 15 is 0 Å². The average Bonchev–Trinajstić information content (AvgIpc) is 3.26. The number of rotatable bonds is 6. The summed E-state index contributed by atoms with van der Waals surface area (Å²) in [5, 5.41) is 14.4. The van der Waals surface area contributed by atoms with Gasteiger partial charge in [0, 0.05) is 18.3 Å². The van der Waals surface area contributed by atoms with Crippen molar-refractivity contribution in [2.75, 3.05) is 22.5 Å². The van der Waals surface area contributed by atoms with Gasteiger partial charge in [0.2, 0.25) is 11.8 Å². The fourth-order valence-electron chi connectivity index (χ4n) is 2.35. The highest BCUT2D eigenvalue weighted by Crippen LogP contribution is 2.32. The van der Waals surface area contributed by atoms with Crippen LogP contribution in [0.25, 0.3) is 0 Å². The molecular weight excluding hydrogens is 378 g/mol. The Kier molecular flexibility index (Phi) is 5.67. The molecule has 2 amide bonds. The van der Waals surface area contributed by atoms with Crippen LogP contribution in [0.5, 0.6) is 0 Å². The van der Waals surface area contributed by atoms with Gasteiger partial charge in [0.05, 0.1) is 33.8 Å². The van der Waals surface area contributed by atoms with Crippen molar-refractivity contribution in [1.82, 2.24) is 9.97 Å². The maximum atomic E-state index is 12.2. The van der Waals surface area contributed by atoms with E-state index in [2.05, 4.69) is 21.4 Å². The number of carbonyl (C=O) groups is 2. The van der Waals surface area contributed by atoms with Gasteiger partial charge in [0.1, 0.15) is 0 Å². The number of nitriles is 1. The molecule has 1 saturated heterocycles. The van der Waals surface area contributed by atoms with Crippen molar-refractivity contribution in [1.29, 1.82) is 5.26 Å². The van der Waals surface area contributed by atoms with Crippen LogP contribution in [0.4, 0.5) is 10.3 Å². The molecule has 1 fully saturated rings. The predicted molar refractivity (Wildman–Crippen MR) is 99.2 cm³/mol. The summed E-state index contributed by atoms with van der Waals surface area (Å²) in [6.45, 7) is 2.55. The second-order valence-electron chi connectivity index (χ2n) is 5.33. The van der Waals surface area contributed by atoms with Crippen LogP contribution in [0.1, 0.15) is 24.2 Å². The van der Waals surface area contributed by atoms with Gasteiger partial charge >= 0.3 is 0 Å². The zero-order valence-corrected chi connectivity index (χ0v) is 15.9. The van der Waals surface area contributed by atoms with Gasteiger partial charge in [0.25, 0.3) is 0 Å². The number of amides is 2. The second kappa shape index (κ2) is 7.95. The van der Waals surface area contributed by atoms with Gasteiger partial charge in [-0.25, -0.2) is 9.97 Å². The lowest BCUT2D eigenvalue weighted by atomic mass is 10.3. The van der Waals surface area contributed by atoms with Gasteiger partial charge in [-0.15, -0.1) is 11.3 Å². The first-order valence-corrected chi connectivity index (χ1v) is 10.3. The monoisotopic (exact) mass is 393 g/mol. The summed E-state index contributed by atoms with van der Waals surface area (Å²) >= 11 is 4.16. The zero-order chi connectivity index (χ0) is 17.8. The standard InChI is InChI=1S/C15H15N5O2S3/c1-9-13(23-6-4-16)25-14(17-9)19-11(21)7-10-8-24-15(18-10)20-5-2-3-12(20)22/h8H,2-3,5-7H2,1H3,(H,17,19,21). The third kappa shape index (κ3) is 4.36. The van der Waals surface area contributed by atoms with Crippen molar-refractivity contribution in [3.05, 3.63) is 16.8 Å². The van der Waals surface area contributed by atoms with Crippen molar-refractivity contribution in [3.63, 3.8) is 0 Å². The number of hydrogen-bond donors (Lipinski definition) is 1. The fraction of sp³-hybridized carbons (Fsp3) is 0.400. The normalized spacial score (nSPS) is 13.9. The molecule has 2 aromatic heterocycles. The SMILES string of the molecule is Cc1nc(NC(=O)Cc2csc(N3CCCC3=O)n2)sc1SCC#N. The summed E-state index contributed by atoms with van der Waals surface area (Å²) in [5.41, 5.74) is 1.45. The highest BCUT2D eigenvalue weighted by Gasteiger charge is 2.24. The molecule has 2 aromatic rings. The van der Waals surface area contributed by atoms with Crippen LogP contribution in [0.3, 0.4) is 0 Å². The lowest BCUT2D eigenvalue weighted by Crippen LogP contribution is -2.23. The molecule has 0 aliphatic carbocycles. The summed E-state index contributed by atoms with van der Waals surface area (Å²) < 4.78 is 0.931. The molecule has 1 N–H and O–H groups in total. The van der Waals surface area contributed by atoms with Crippen LogP contribution in [-0.4, -0.2) is 34.1 Å². The van der Waals surface area contributed by atoms with Gasteiger partial charge in [-0.1, -0.05) is 23.1 Å². The molecule has 3 rings (SSSR count). The Hall–Kier alpha value is -1.96. The number of nitrogens with one attached hydrogen (secondary N) is 1. The van der Waals surface area contributed by atoms with E-state index in [1.165, 1.54) is 34.4 Å². The molecule has 0 spiro atoms. The molecular formula is C15H15N5O2S3. The summed E-state index contributed by atoms with van der Waals surface area (Å²) in [6, 6.07) is 2.07. The van der Waals surface area contributed by atoms with Crippen molar-refractivity contribution < 1.29 is 9.59 Å². The van der Waals surface area contributed by atoms with E-state index in [1.807, 2.05) is 12.3 Å². The van der Waals surface area contributed by atoms with Crippen LogP contribution in [0.2, 0.25) is 0 Å². The minimum absolute atomic E-state index is 0.0889. The molecule has 7 nitrogen and oxygen atoms in total. The zero-order valence-electron chi connectivity index (χ0n) is 13.4. The smallest absolute Gasteiger partial charge is 0.232 e. The third-order valence-electron chi connectivity index (χ3n) is 3.45.